The van der Waals surface area contributed by atoms with Gasteiger partial charge in [0, 0.05) is 23.7 Å². The Labute approximate surface area is 142 Å². The van der Waals surface area contributed by atoms with Gasteiger partial charge in [-0.25, -0.2) is 14.8 Å². The quantitative estimate of drug-likeness (QED) is 0.516. The van der Waals surface area contributed by atoms with Crippen LogP contribution in [-0.2, 0) is 14.0 Å². The van der Waals surface area contributed by atoms with Crippen LogP contribution in [0.15, 0.2) is 17.9 Å². The number of aromatic nitrogens is 2. The van der Waals surface area contributed by atoms with Gasteiger partial charge >= 0.3 is 13.1 Å². The van der Waals surface area contributed by atoms with E-state index in [1.165, 1.54) is 7.11 Å². The lowest BCUT2D eigenvalue weighted by Gasteiger charge is -2.32. The Morgan fingerprint density at radius 1 is 1.26 bits per heavy atom. The van der Waals surface area contributed by atoms with E-state index in [4.69, 9.17) is 9.31 Å². The average Bonchev–Trinajstić information content (AvgIpc) is 2.72. The molecular weight excluding hydrogens is 315 g/mol. The third-order valence-corrected chi connectivity index (χ3v) is 4.50. The molecule has 0 spiro atoms. The summed E-state index contributed by atoms with van der Waals surface area (Å²) in [6.45, 7) is 7.99. The highest BCUT2D eigenvalue weighted by Crippen LogP contribution is 2.38. The van der Waals surface area contributed by atoms with Crippen molar-refractivity contribution in [2.45, 2.75) is 38.9 Å². The van der Waals surface area contributed by atoms with Gasteiger partial charge in [0.1, 0.15) is 0 Å². The number of rotatable bonds is 4. The fraction of sp³-hybridized carbons (Fsp3) is 0.533. The molecule has 1 aliphatic rings. The third-order valence-electron chi connectivity index (χ3n) is 4.13. The molecule has 0 unspecified atom stereocenters. The molecule has 0 bridgehead atoms. The first-order valence-electron chi connectivity index (χ1n) is 7.27. The Balaban J connectivity index is 2.21. The van der Waals surface area contributed by atoms with Crippen molar-refractivity contribution in [1.82, 2.24) is 9.97 Å². The zero-order valence-corrected chi connectivity index (χ0v) is 14.9. The molecule has 124 valence electrons. The minimum atomic E-state index is -0.569. The molecule has 0 radical (unpaired) electrons. The molecule has 2 heterocycles. The topological polar surface area (TPSA) is 70.5 Å². The van der Waals surface area contributed by atoms with Crippen LogP contribution < -0.4 is 0 Å². The highest BCUT2D eigenvalue weighted by molar-refractivity contribution is 7.80. The Morgan fingerprint density at radius 3 is 2.22 bits per heavy atom. The zero-order valence-electron chi connectivity index (χ0n) is 14.0. The van der Waals surface area contributed by atoms with Crippen LogP contribution in [-0.4, -0.2) is 47.1 Å². The summed E-state index contributed by atoms with van der Waals surface area (Å²) >= 11 is 4.36. The summed E-state index contributed by atoms with van der Waals surface area (Å²) in [4.78, 5) is 19.3. The van der Waals surface area contributed by atoms with E-state index >= 15 is 0 Å². The van der Waals surface area contributed by atoms with Crippen molar-refractivity contribution >= 4 is 31.8 Å². The van der Waals surface area contributed by atoms with Crippen LogP contribution in [0.3, 0.4) is 0 Å². The van der Waals surface area contributed by atoms with E-state index in [0.717, 1.165) is 11.0 Å². The normalized spacial score (nSPS) is 19.7. The molecule has 0 N–H and O–H groups in total. The fourth-order valence-corrected chi connectivity index (χ4v) is 2.25. The minimum absolute atomic E-state index is 0.0210. The molecule has 0 atom stereocenters. The molecule has 1 saturated heterocycles. The summed E-state index contributed by atoms with van der Waals surface area (Å²) in [5.41, 5.74) is 0.772. The van der Waals surface area contributed by atoms with Crippen LogP contribution in [0.4, 0.5) is 0 Å². The summed E-state index contributed by atoms with van der Waals surface area (Å²) < 4.78 is 16.6. The van der Waals surface area contributed by atoms with Crippen molar-refractivity contribution < 1.29 is 18.8 Å². The van der Waals surface area contributed by atoms with E-state index in [1.807, 2.05) is 33.8 Å². The molecule has 1 aromatic heterocycles. The van der Waals surface area contributed by atoms with Crippen molar-refractivity contribution in [3.63, 3.8) is 0 Å². The molecule has 0 amide bonds. The minimum Gasteiger partial charge on any atom is -0.463 e. The SMILES string of the molecule is COC(=O)c1ncc(C=C(CS)B2OC(C)(C)C(C)(C)O2)cn1. The molecule has 1 fully saturated rings. The first-order valence-corrected chi connectivity index (χ1v) is 7.91. The van der Waals surface area contributed by atoms with Gasteiger partial charge in [-0.05, 0) is 33.2 Å². The van der Waals surface area contributed by atoms with Crippen LogP contribution in [0.2, 0.25) is 0 Å². The maximum Gasteiger partial charge on any atom is 0.491 e. The van der Waals surface area contributed by atoms with Gasteiger partial charge in [0.25, 0.3) is 0 Å². The number of hydrogen-bond donors (Lipinski definition) is 1. The molecule has 0 aromatic carbocycles. The second-order valence-electron chi connectivity index (χ2n) is 6.30. The first-order chi connectivity index (χ1) is 10.7. The van der Waals surface area contributed by atoms with Crippen molar-refractivity contribution in [3.05, 3.63) is 29.3 Å². The predicted octanol–water partition coefficient (Wildman–Crippen LogP) is 2.21. The Kier molecular flexibility index (Phi) is 5.18. The second kappa shape index (κ2) is 6.63. The highest BCUT2D eigenvalue weighted by atomic mass is 32.1. The van der Waals surface area contributed by atoms with Crippen molar-refractivity contribution in [3.8, 4) is 0 Å². The maximum absolute atomic E-state index is 11.3. The molecule has 23 heavy (non-hydrogen) atoms. The number of methoxy groups -OCH3 is 1. The Bertz CT molecular complexity index is 600. The van der Waals surface area contributed by atoms with Crippen molar-refractivity contribution in [1.29, 1.82) is 0 Å². The number of hydrogen-bond acceptors (Lipinski definition) is 7. The van der Waals surface area contributed by atoms with Gasteiger partial charge in [0.15, 0.2) is 0 Å². The predicted molar refractivity (Wildman–Crippen MR) is 91.3 cm³/mol. The number of thiol groups is 1. The van der Waals surface area contributed by atoms with Gasteiger partial charge in [0.2, 0.25) is 5.82 Å². The lowest BCUT2D eigenvalue weighted by molar-refractivity contribution is 0.00578. The summed E-state index contributed by atoms with van der Waals surface area (Å²) in [5.74, 6) is -0.0797. The second-order valence-corrected chi connectivity index (χ2v) is 6.61. The van der Waals surface area contributed by atoms with E-state index in [0.29, 0.717) is 5.75 Å². The van der Waals surface area contributed by atoms with E-state index in [2.05, 4.69) is 27.3 Å². The monoisotopic (exact) mass is 336 g/mol. The van der Waals surface area contributed by atoms with Gasteiger partial charge in [0.05, 0.1) is 18.3 Å². The summed E-state index contributed by atoms with van der Waals surface area (Å²) in [5, 5.41) is 0. The highest BCUT2D eigenvalue weighted by Gasteiger charge is 2.52. The number of carbonyl (C=O) groups excluding carboxylic acids is 1. The molecular formula is C15H21BN2O4S. The zero-order chi connectivity index (χ0) is 17.3. The van der Waals surface area contributed by atoms with Crippen LogP contribution in [0.5, 0.6) is 0 Å². The average molecular weight is 336 g/mol. The van der Waals surface area contributed by atoms with E-state index < -0.39 is 24.3 Å². The Hall–Kier alpha value is -1.38. The van der Waals surface area contributed by atoms with Gasteiger partial charge in [-0.1, -0.05) is 6.08 Å². The first kappa shape index (κ1) is 18.0. The lowest BCUT2D eigenvalue weighted by atomic mass is 9.78. The summed E-state index contributed by atoms with van der Waals surface area (Å²) in [7, 11) is 0.814. The molecule has 1 aromatic rings. The van der Waals surface area contributed by atoms with Crippen LogP contribution in [0.25, 0.3) is 6.08 Å². The van der Waals surface area contributed by atoms with Crippen LogP contribution in [0.1, 0.15) is 43.9 Å². The standard InChI is InChI=1S/C15H21BN2O4S/c1-14(2)15(3,4)22-16(21-14)11(9-23)6-10-7-17-12(18-8-10)13(19)20-5/h6-8,23H,9H2,1-5H3. The lowest BCUT2D eigenvalue weighted by Crippen LogP contribution is -2.41. The van der Waals surface area contributed by atoms with E-state index in [9.17, 15) is 4.79 Å². The van der Waals surface area contributed by atoms with Gasteiger partial charge in [-0.2, -0.15) is 12.6 Å². The smallest absolute Gasteiger partial charge is 0.463 e. The van der Waals surface area contributed by atoms with Crippen molar-refractivity contribution in [2.75, 3.05) is 12.9 Å². The number of esters is 1. The fourth-order valence-electron chi connectivity index (χ4n) is 2.01. The van der Waals surface area contributed by atoms with E-state index in [1.54, 1.807) is 12.4 Å². The molecule has 0 aliphatic carbocycles. The summed E-state index contributed by atoms with van der Waals surface area (Å²) in [6.07, 6.45) is 4.96. The maximum atomic E-state index is 11.3. The number of carbonyl (C=O) groups is 1. The van der Waals surface area contributed by atoms with Gasteiger partial charge in [-0.3, -0.25) is 0 Å². The van der Waals surface area contributed by atoms with Crippen LogP contribution >= 0.6 is 12.6 Å². The third kappa shape index (κ3) is 3.76. The molecule has 6 nitrogen and oxygen atoms in total. The Morgan fingerprint density at radius 2 is 1.78 bits per heavy atom. The summed E-state index contributed by atoms with van der Waals surface area (Å²) in [6, 6.07) is 0. The molecule has 1 aliphatic heterocycles. The molecule has 0 saturated carbocycles. The van der Waals surface area contributed by atoms with Crippen molar-refractivity contribution in [2.24, 2.45) is 0 Å². The van der Waals surface area contributed by atoms with Crippen LogP contribution in [0, 0.1) is 0 Å². The van der Waals surface area contributed by atoms with E-state index in [-0.39, 0.29) is 5.82 Å². The molecule has 8 heteroatoms. The molecule has 2 rings (SSSR count). The van der Waals surface area contributed by atoms with Gasteiger partial charge in [-0.15, -0.1) is 0 Å². The largest absolute Gasteiger partial charge is 0.491 e. The van der Waals surface area contributed by atoms with Gasteiger partial charge < -0.3 is 14.0 Å². The number of nitrogens with zero attached hydrogens (tertiary/aromatic N) is 2. The number of ether oxygens (including phenoxy) is 1.